The van der Waals surface area contributed by atoms with Crippen molar-refractivity contribution < 1.29 is 14.3 Å². The Morgan fingerprint density at radius 1 is 1.38 bits per heavy atom. The van der Waals surface area contributed by atoms with Crippen LogP contribution >= 0.6 is 11.6 Å². The first-order chi connectivity index (χ1) is 11.3. The van der Waals surface area contributed by atoms with Gasteiger partial charge in [-0.15, -0.1) is 5.10 Å². The van der Waals surface area contributed by atoms with Crippen LogP contribution in [-0.4, -0.2) is 46.5 Å². The predicted octanol–water partition coefficient (Wildman–Crippen LogP) is 3.68. The number of halogens is 1. The second-order valence-electron chi connectivity index (χ2n) is 7.12. The maximum Gasteiger partial charge on any atom is 0.410 e. The standard InChI is InChI=1S/C17H26ClN3O3/c1-17(2,3)24-16(22)21-9-4-5-13(11-21)8-10-23-12-14-6-7-15(18)20-19-14/h6-7,13H,4-5,8-12H2,1-3H3. The van der Waals surface area contributed by atoms with E-state index in [1.165, 1.54) is 0 Å². The normalized spacial score (nSPS) is 18.5. The Morgan fingerprint density at radius 2 is 2.17 bits per heavy atom. The largest absolute Gasteiger partial charge is 0.444 e. The second kappa shape index (κ2) is 8.62. The average molecular weight is 356 g/mol. The van der Waals surface area contributed by atoms with E-state index in [1.54, 1.807) is 12.1 Å². The number of carbonyl (C=O) groups is 1. The Hall–Kier alpha value is -1.40. The lowest BCUT2D eigenvalue weighted by molar-refractivity contribution is 0.0135. The first-order valence-corrected chi connectivity index (χ1v) is 8.75. The summed E-state index contributed by atoms with van der Waals surface area (Å²) in [4.78, 5) is 14.0. The first-order valence-electron chi connectivity index (χ1n) is 8.37. The van der Waals surface area contributed by atoms with Gasteiger partial charge in [-0.3, -0.25) is 0 Å². The van der Waals surface area contributed by atoms with Gasteiger partial charge in [0.1, 0.15) is 5.60 Å². The van der Waals surface area contributed by atoms with Crippen LogP contribution < -0.4 is 0 Å². The monoisotopic (exact) mass is 355 g/mol. The highest BCUT2D eigenvalue weighted by Crippen LogP contribution is 2.21. The van der Waals surface area contributed by atoms with Gasteiger partial charge in [0.15, 0.2) is 5.15 Å². The molecule has 0 spiro atoms. The van der Waals surface area contributed by atoms with Crippen molar-refractivity contribution in [3.05, 3.63) is 23.0 Å². The summed E-state index contributed by atoms with van der Waals surface area (Å²) in [5.74, 6) is 0.447. The Labute approximate surface area is 148 Å². The molecule has 0 saturated carbocycles. The van der Waals surface area contributed by atoms with E-state index in [2.05, 4.69) is 10.2 Å². The van der Waals surface area contributed by atoms with Crippen molar-refractivity contribution in [2.45, 2.75) is 52.2 Å². The second-order valence-corrected chi connectivity index (χ2v) is 7.51. The van der Waals surface area contributed by atoms with E-state index in [4.69, 9.17) is 21.1 Å². The average Bonchev–Trinajstić information content (AvgIpc) is 2.52. The van der Waals surface area contributed by atoms with Crippen molar-refractivity contribution in [3.8, 4) is 0 Å². The van der Waals surface area contributed by atoms with Gasteiger partial charge >= 0.3 is 6.09 Å². The molecule has 1 aromatic rings. The van der Waals surface area contributed by atoms with Crippen LogP contribution in [0.5, 0.6) is 0 Å². The highest BCUT2D eigenvalue weighted by atomic mass is 35.5. The molecule has 0 aliphatic carbocycles. The molecule has 0 radical (unpaired) electrons. The number of hydrogen-bond donors (Lipinski definition) is 0. The van der Waals surface area contributed by atoms with Crippen molar-refractivity contribution in [3.63, 3.8) is 0 Å². The van der Waals surface area contributed by atoms with Gasteiger partial charge in [0.25, 0.3) is 0 Å². The van der Waals surface area contributed by atoms with Crippen LogP contribution in [0.3, 0.4) is 0 Å². The van der Waals surface area contributed by atoms with Crippen LogP contribution in [0.2, 0.25) is 5.15 Å². The minimum Gasteiger partial charge on any atom is -0.444 e. The number of piperidine rings is 1. The van der Waals surface area contributed by atoms with Gasteiger partial charge in [-0.05, 0) is 58.1 Å². The fourth-order valence-electron chi connectivity index (χ4n) is 2.64. The van der Waals surface area contributed by atoms with Crippen LogP contribution in [0, 0.1) is 5.92 Å². The fourth-order valence-corrected chi connectivity index (χ4v) is 2.74. The van der Waals surface area contributed by atoms with Crippen LogP contribution in [0.4, 0.5) is 4.79 Å². The van der Waals surface area contributed by atoms with Gasteiger partial charge in [0.05, 0.1) is 12.3 Å². The van der Waals surface area contributed by atoms with Gasteiger partial charge in [-0.2, -0.15) is 5.10 Å². The molecule has 1 amide bonds. The molecule has 24 heavy (non-hydrogen) atoms. The summed E-state index contributed by atoms with van der Waals surface area (Å²) >= 11 is 5.70. The van der Waals surface area contributed by atoms with E-state index in [1.807, 2.05) is 25.7 Å². The predicted molar refractivity (Wildman–Crippen MR) is 91.8 cm³/mol. The molecule has 7 heteroatoms. The zero-order valence-electron chi connectivity index (χ0n) is 14.6. The third-order valence-electron chi connectivity index (χ3n) is 3.78. The summed E-state index contributed by atoms with van der Waals surface area (Å²) in [6.45, 7) is 8.23. The Bertz CT molecular complexity index is 531. The smallest absolute Gasteiger partial charge is 0.410 e. The van der Waals surface area contributed by atoms with E-state index >= 15 is 0 Å². The maximum absolute atomic E-state index is 12.1. The molecule has 0 aromatic carbocycles. The molecule has 6 nitrogen and oxygen atoms in total. The molecule has 1 unspecified atom stereocenters. The number of rotatable bonds is 5. The zero-order valence-corrected chi connectivity index (χ0v) is 15.4. The minimum absolute atomic E-state index is 0.218. The molecule has 1 aliphatic heterocycles. The Kier molecular flexibility index (Phi) is 6.80. The summed E-state index contributed by atoms with van der Waals surface area (Å²) in [6.07, 6.45) is 2.82. The highest BCUT2D eigenvalue weighted by Gasteiger charge is 2.27. The molecule has 0 bridgehead atoms. The summed E-state index contributed by atoms with van der Waals surface area (Å²) < 4.78 is 11.1. The third kappa shape index (κ3) is 6.61. The molecular formula is C17H26ClN3O3. The molecule has 1 saturated heterocycles. The quantitative estimate of drug-likeness (QED) is 0.754. The lowest BCUT2D eigenvalue weighted by atomic mass is 9.95. The SMILES string of the molecule is CC(C)(C)OC(=O)N1CCCC(CCOCc2ccc(Cl)nn2)C1. The van der Waals surface area contributed by atoms with Crippen LogP contribution in [0.25, 0.3) is 0 Å². The molecule has 2 rings (SSSR count). The van der Waals surface area contributed by atoms with Gasteiger partial charge in [0, 0.05) is 19.7 Å². The number of aromatic nitrogens is 2. The van der Waals surface area contributed by atoms with Crippen molar-refractivity contribution in [2.24, 2.45) is 5.92 Å². The number of hydrogen-bond acceptors (Lipinski definition) is 5. The molecule has 1 aromatic heterocycles. The Morgan fingerprint density at radius 3 is 2.83 bits per heavy atom. The van der Waals surface area contributed by atoms with E-state index in [0.717, 1.165) is 38.0 Å². The van der Waals surface area contributed by atoms with Gasteiger partial charge in [0.2, 0.25) is 0 Å². The van der Waals surface area contributed by atoms with E-state index in [-0.39, 0.29) is 6.09 Å². The number of nitrogens with zero attached hydrogens (tertiary/aromatic N) is 3. The van der Waals surface area contributed by atoms with Gasteiger partial charge < -0.3 is 14.4 Å². The third-order valence-corrected chi connectivity index (χ3v) is 3.98. The van der Waals surface area contributed by atoms with Crippen molar-refractivity contribution in [1.82, 2.24) is 15.1 Å². The number of ether oxygens (including phenoxy) is 2. The molecule has 134 valence electrons. The molecule has 1 atom stereocenters. The minimum atomic E-state index is -0.452. The van der Waals surface area contributed by atoms with E-state index in [9.17, 15) is 4.79 Å². The van der Waals surface area contributed by atoms with Crippen LogP contribution in [0.1, 0.15) is 45.7 Å². The first kappa shape index (κ1) is 18.9. The van der Waals surface area contributed by atoms with Crippen LogP contribution in [-0.2, 0) is 16.1 Å². The fraction of sp³-hybridized carbons (Fsp3) is 0.706. The highest BCUT2D eigenvalue weighted by molar-refractivity contribution is 6.29. The summed E-state index contributed by atoms with van der Waals surface area (Å²) in [6, 6.07) is 3.51. The van der Waals surface area contributed by atoms with Gasteiger partial charge in [-0.1, -0.05) is 11.6 Å². The van der Waals surface area contributed by atoms with E-state index in [0.29, 0.717) is 24.3 Å². The summed E-state index contributed by atoms with van der Waals surface area (Å²) in [5, 5.41) is 8.12. The molecule has 1 aliphatic rings. The number of amides is 1. The van der Waals surface area contributed by atoms with E-state index < -0.39 is 5.60 Å². The lowest BCUT2D eigenvalue weighted by Crippen LogP contribution is -2.43. The van der Waals surface area contributed by atoms with Crippen LogP contribution in [0.15, 0.2) is 12.1 Å². The Balaban J connectivity index is 1.69. The molecule has 1 fully saturated rings. The van der Waals surface area contributed by atoms with Gasteiger partial charge in [-0.25, -0.2) is 4.79 Å². The summed E-state index contributed by atoms with van der Waals surface area (Å²) in [5.41, 5.74) is 0.311. The zero-order chi connectivity index (χ0) is 17.6. The maximum atomic E-state index is 12.1. The van der Waals surface area contributed by atoms with Crippen molar-refractivity contribution in [1.29, 1.82) is 0 Å². The molecule has 0 N–H and O–H groups in total. The van der Waals surface area contributed by atoms with Crippen molar-refractivity contribution >= 4 is 17.7 Å². The summed E-state index contributed by atoms with van der Waals surface area (Å²) in [7, 11) is 0. The number of likely N-dealkylation sites (tertiary alicyclic amines) is 1. The topological polar surface area (TPSA) is 64.5 Å². The molecular weight excluding hydrogens is 330 g/mol. The lowest BCUT2D eigenvalue weighted by Gasteiger charge is -2.34. The van der Waals surface area contributed by atoms with Crippen molar-refractivity contribution in [2.75, 3.05) is 19.7 Å². The molecule has 2 heterocycles. The number of carbonyl (C=O) groups excluding carboxylic acids is 1.